The fraction of sp³-hybridized carbons (Fsp3) is 0.0952. The van der Waals surface area contributed by atoms with Gasteiger partial charge in [0.1, 0.15) is 22.7 Å². The van der Waals surface area contributed by atoms with Crippen molar-refractivity contribution in [3.8, 4) is 11.5 Å². The van der Waals surface area contributed by atoms with Crippen molar-refractivity contribution in [2.45, 2.75) is 0 Å². The Morgan fingerprint density at radius 1 is 1.10 bits per heavy atom. The van der Waals surface area contributed by atoms with Crippen LogP contribution in [0.2, 0.25) is 0 Å². The van der Waals surface area contributed by atoms with E-state index in [1.54, 1.807) is 37.4 Å². The predicted octanol–water partition coefficient (Wildman–Crippen LogP) is 4.91. The maximum Gasteiger partial charge on any atom is 0.302 e. The number of rotatable bonds is 5. The summed E-state index contributed by atoms with van der Waals surface area (Å²) in [7, 11) is 3.45. The van der Waals surface area contributed by atoms with Gasteiger partial charge in [0.05, 0.1) is 0 Å². The van der Waals surface area contributed by atoms with Gasteiger partial charge >= 0.3 is 6.01 Å². The molecule has 2 aromatic carbocycles. The minimum Gasteiger partial charge on any atom is -0.457 e. The molecule has 2 aromatic heterocycles. The van der Waals surface area contributed by atoms with Crippen LogP contribution in [-0.2, 0) is 0 Å². The van der Waals surface area contributed by atoms with Crippen LogP contribution in [0.3, 0.4) is 0 Å². The summed E-state index contributed by atoms with van der Waals surface area (Å²) in [6.45, 7) is 0. The van der Waals surface area contributed by atoms with E-state index in [-0.39, 0.29) is 11.6 Å². The molecule has 4 aromatic rings. The number of halogens is 1. The lowest BCUT2D eigenvalue weighted by Gasteiger charge is -2.14. The second-order valence-electron chi connectivity index (χ2n) is 6.22. The zero-order valence-electron chi connectivity index (χ0n) is 15.7. The van der Waals surface area contributed by atoms with Gasteiger partial charge in [-0.05, 0) is 42.5 Å². The summed E-state index contributed by atoms with van der Waals surface area (Å²) in [5, 5.41) is 2.54. The summed E-state index contributed by atoms with van der Waals surface area (Å²) in [6, 6.07) is 17.0. The summed E-state index contributed by atoms with van der Waals surface area (Å²) >= 11 is 3.43. The first-order valence-electron chi connectivity index (χ1n) is 8.79. The summed E-state index contributed by atoms with van der Waals surface area (Å²) in [4.78, 5) is 22.2. The minimum atomic E-state index is -0.275. The standard InChI is InChI=1S/C21H17BrN4O3/c1-23-20(27)18-12-16(9-10-24-18)28-15-7-8-19-17(11-15)25-21(29-19)26(2)14-5-3-13(22)4-6-14/h3-12H,1-2H3,(H,23,27). The number of nitrogens with one attached hydrogen (secondary N) is 1. The molecule has 0 saturated carbocycles. The predicted molar refractivity (Wildman–Crippen MR) is 114 cm³/mol. The van der Waals surface area contributed by atoms with E-state index in [1.807, 2.05) is 36.2 Å². The Morgan fingerprint density at radius 2 is 1.86 bits per heavy atom. The lowest BCUT2D eigenvalue weighted by molar-refractivity contribution is 0.0958. The van der Waals surface area contributed by atoms with Gasteiger partial charge in [-0.3, -0.25) is 14.7 Å². The number of hydrogen-bond donors (Lipinski definition) is 1. The average molecular weight is 453 g/mol. The molecule has 146 valence electrons. The summed E-state index contributed by atoms with van der Waals surface area (Å²) in [6.07, 6.45) is 1.53. The van der Waals surface area contributed by atoms with Crippen LogP contribution < -0.4 is 15.0 Å². The van der Waals surface area contributed by atoms with Crippen LogP contribution in [0, 0.1) is 0 Å². The largest absolute Gasteiger partial charge is 0.457 e. The normalized spacial score (nSPS) is 10.7. The van der Waals surface area contributed by atoms with E-state index in [0.29, 0.717) is 28.6 Å². The number of aromatic nitrogens is 2. The maximum absolute atomic E-state index is 11.7. The molecular weight excluding hydrogens is 436 g/mol. The lowest BCUT2D eigenvalue weighted by atomic mass is 10.3. The van der Waals surface area contributed by atoms with Crippen LogP contribution in [0.15, 0.2) is 69.7 Å². The van der Waals surface area contributed by atoms with E-state index in [1.165, 1.54) is 6.20 Å². The molecule has 0 spiro atoms. The topological polar surface area (TPSA) is 80.5 Å². The Bertz CT molecular complexity index is 1170. The molecule has 1 amide bonds. The minimum absolute atomic E-state index is 0.275. The summed E-state index contributed by atoms with van der Waals surface area (Å²) in [5.41, 5.74) is 2.56. The first-order chi connectivity index (χ1) is 14.0. The van der Waals surface area contributed by atoms with Crippen molar-refractivity contribution in [3.63, 3.8) is 0 Å². The Labute approximate surface area is 175 Å². The summed E-state index contributed by atoms with van der Waals surface area (Å²) < 4.78 is 12.7. The lowest BCUT2D eigenvalue weighted by Crippen LogP contribution is -2.18. The molecule has 0 aliphatic heterocycles. The van der Waals surface area contributed by atoms with Crippen LogP contribution in [0.25, 0.3) is 11.1 Å². The van der Waals surface area contributed by atoms with Crippen molar-refractivity contribution < 1.29 is 13.9 Å². The third-order valence-corrected chi connectivity index (χ3v) is 4.80. The van der Waals surface area contributed by atoms with E-state index in [2.05, 4.69) is 31.2 Å². The number of benzene rings is 2. The van der Waals surface area contributed by atoms with Crippen molar-refractivity contribution in [1.29, 1.82) is 0 Å². The van der Waals surface area contributed by atoms with Crippen molar-refractivity contribution in [2.24, 2.45) is 0 Å². The van der Waals surface area contributed by atoms with E-state index in [9.17, 15) is 4.79 Å². The van der Waals surface area contributed by atoms with E-state index in [0.717, 1.165) is 10.2 Å². The van der Waals surface area contributed by atoms with Gasteiger partial charge in [0.15, 0.2) is 5.58 Å². The van der Waals surface area contributed by atoms with E-state index in [4.69, 9.17) is 9.15 Å². The number of hydrogen-bond acceptors (Lipinski definition) is 6. The van der Waals surface area contributed by atoms with Crippen LogP contribution >= 0.6 is 15.9 Å². The van der Waals surface area contributed by atoms with E-state index >= 15 is 0 Å². The number of carbonyl (C=O) groups is 1. The number of carbonyl (C=O) groups excluding carboxylic acids is 1. The van der Waals surface area contributed by atoms with Gasteiger partial charge in [-0.15, -0.1) is 0 Å². The molecule has 0 radical (unpaired) electrons. The maximum atomic E-state index is 11.7. The Hall–Kier alpha value is -3.39. The number of pyridine rings is 1. The summed E-state index contributed by atoms with van der Waals surface area (Å²) in [5.74, 6) is 0.814. The number of amides is 1. The highest BCUT2D eigenvalue weighted by Gasteiger charge is 2.13. The fourth-order valence-electron chi connectivity index (χ4n) is 2.74. The third-order valence-electron chi connectivity index (χ3n) is 4.28. The van der Waals surface area contributed by atoms with Gasteiger partial charge in [-0.25, -0.2) is 0 Å². The molecule has 0 fully saturated rings. The van der Waals surface area contributed by atoms with Crippen molar-refractivity contribution in [2.75, 3.05) is 19.0 Å². The second kappa shape index (κ2) is 7.92. The SMILES string of the molecule is CNC(=O)c1cc(Oc2ccc3oc(N(C)c4ccc(Br)cc4)nc3c2)ccn1. The molecule has 4 rings (SSSR count). The van der Waals surface area contributed by atoms with Gasteiger partial charge in [-0.1, -0.05) is 15.9 Å². The van der Waals surface area contributed by atoms with Gasteiger partial charge in [0.25, 0.3) is 5.91 Å². The first kappa shape index (κ1) is 18.9. The van der Waals surface area contributed by atoms with Gasteiger partial charge in [0.2, 0.25) is 0 Å². The third kappa shape index (κ3) is 4.07. The molecule has 2 heterocycles. The van der Waals surface area contributed by atoms with Crippen LogP contribution in [0.4, 0.5) is 11.7 Å². The molecule has 0 unspecified atom stereocenters. The number of fused-ring (bicyclic) bond motifs is 1. The number of ether oxygens (including phenoxy) is 1. The Balaban J connectivity index is 1.58. The fourth-order valence-corrected chi connectivity index (χ4v) is 3.00. The monoisotopic (exact) mass is 452 g/mol. The molecule has 7 nitrogen and oxygen atoms in total. The molecule has 0 bridgehead atoms. The molecular formula is C21H17BrN4O3. The molecule has 1 N–H and O–H groups in total. The zero-order chi connectivity index (χ0) is 20.4. The second-order valence-corrected chi connectivity index (χ2v) is 7.14. The molecule has 0 atom stereocenters. The Kier molecular flexibility index (Phi) is 5.18. The van der Waals surface area contributed by atoms with Crippen LogP contribution in [0.1, 0.15) is 10.5 Å². The average Bonchev–Trinajstić information content (AvgIpc) is 3.17. The van der Waals surface area contributed by atoms with Crippen LogP contribution in [-0.4, -0.2) is 30.0 Å². The molecule has 0 saturated heterocycles. The van der Waals surface area contributed by atoms with Gasteiger partial charge in [0, 0.05) is 42.6 Å². The molecule has 0 aliphatic carbocycles. The highest BCUT2D eigenvalue weighted by molar-refractivity contribution is 9.10. The number of anilines is 2. The van der Waals surface area contributed by atoms with Gasteiger partial charge in [-0.2, -0.15) is 4.98 Å². The van der Waals surface area contributed by atoms with Crippen LogP contribution in [0.5, 0.6) is 11.5 Å². The number of oxazole rings is 1. The zero-order valence-corrected chi connectivity index (χ0v) is 17.3. The quantitative estimate of drug-likeness (QED) is 0.463. The highest BCUT2D eigenvalue weighted by Crippen LogP contribution is 2.31. The van der Waals surface area contributed by atoms with Crippen molar-refractivity contribution in [1.82, 2.24) is 15.3 Å². The smallest absolute Gasteiger partial charge is 0.302 e. The first-order valence-corrected chi connectivity index (χ1v) is 9.58. The van der Waals surface area contributed by atoms with Crippen molar-refractivity contribution in [3.05, 3.63) is 71.0 Å². The van der Waals surface area contributed by atoms with E-state index < -0.39 is 0 Å². The van der Waals surface area contributed by atoms with Crippen molar-refractivity contribution >= 4 is 44.6 Å². The highest BCUT2D eigenvalue weighted by atomic mass is 79.9. The Morgan fingerprint density at radius 3 is 2.62 bits per heavy atom. The molecule has 0 aliphatic rings. The molecule has 8 heteroatoms. The number of nitrogens with zero attached hydrogens (tertiary/aromatic N) is 3. The van der Waals surface area contributed by atoms with Gasteiger partial charge < -0.3 is 14.5 Å². The molecule has 29 heavy (non-hydrogen) atoms.